The van der Waals surface area contributed by atoms with Crippen molar-refractivity contribution in [2.75, 3.05) is 6.61 Å². The molecule has 1 aliphatic heterocycles. The molecule has 1 aromatic rings. The summed E-state index contributed by atoms with van der Waals surface area (Å²) in [6.07, 6.45) is -5.09. The molecule has 4 unspecified atom stereocenters. The van der Waals surface area contributed by atoms with Gasteiger partial charge in [0.2, 0.25) is 12.4 Å². The first kappa shape index (κ1) is 18.6. The number of nitro groups is 1. The van der Waals surface area contributed by atoms with Gasteiger partial charge in [0, 0.05) is 19.9 Å². The van der Waals surface area contributed by atoms with Crippen molar-refractivity contribution in [2.45, 2.75) is 38.4 Å². The SMILES string of the molecule is CC(=O)OC1C(O)COC(Oc2ccccc2[N+](=O)[O-])C1OC(C)=O. The molecule has 10 heteroatoms. The third-order valence-corrected chi connectivity index (χ3v) is 3.31. The fourth-order valence-electron chi connectivity index (χ4n) is 2.34. The maximum absolute atomic E-state index is 11.4. The van der Waals surface area contributed by atoms with Gasteiger partial charge in [-0.3, -0.25) is 19.7 Å². The Hall–Kier alpha value is -2.72. The highest BCUT2D eigenvalue weighted by Gasteiger charge is 2.46. The van der Waals surface area contributed by atoms with Gasteiger partial charge >= 0.3 is 17.6 Å². The van der Waals surface area contributed by atoms with Crippen molar-refractivity contribution in [3.05, 3.63) is 34.4 Å². The maximum Gasteiger partial charge on any atom is 0.311 e. The van der Waals surface area contributed by atoms with Crippen LogP contribution >= 0.6 is 0 Å². The summed E-state index contributed by atoms with van der Waals surface area (Å²) in [6.45, 7) is 1.97. The summed E-state index contributed by atoms with van der Waals surface area (Å²) in [5.41, 5.74) is -0.317. The van der Waals surface area contributed by atoms with Gasteiger partial charge in [-0.05, 0) is 6.07 Å². The Labute approximate surface area is 142 Å². The van der Waals surface area contributed by atoms with E-state index in [0.717, 1.165) is 13.8 Å². The lowest BCUT2D eigenvalue weighted by atomic mass is 10.0. The number of nitro benzene ring substituents is 1. The van der Waals surface area contributed by atoms with E-state index in [0.29, 0.717) is 0 Å². The molecule has 10 nitrogen and oxygen atoms in total. The molecule has 0 radical (unpaired) electrons. The van der Waals surface area contributed by atoms with Gasteiger partial charge in [-0.15, -0.1) is 0 Å². The van der Waals surface area contributed by atoms with Crippen molar-refractivity contribution in [2.24, 2.45) is 0 Å². The second-order valence-electron chi connectivity index (χ2n) is 5.26. The summed E-state index contributed by atoms with van der Waals surface area (Å²) in [7, 11) is 0. The zero-order valence-electron chi connectivity index (χ0n) is 13.5. The van der Waals surface area contributed by atoms with Gasteiger partial charge in [0.25, 0.3) is 0 Å². The largest absolute Gasteiger partial charge is 0.455 e. The van der Waals surface area contributed by atoms with Crippen LogP contribution in [0.1, 0.15) is 13.8 Å². The van der Waals surface area contributed by atoms with Crippen LogP contribution in [0.2, 0.25) is 0 Å². The molecule has 1 fully saturated rings. The number of benzene rings is 1. The Kier molecular flexibility index (Phi) is 5.88. The molecule has 0 aliphatic carbocycles. The second-order valence-corrected chi connectivity index (χ2v) is 5.26. The molecule has 1 heterocycles. The van der Waals surface area contributed by atoms with Gasteiger partial charge < -0.3 is 24.1 Å². The van der Waals surface area contributed by atoms with E-state index in [1.165, 1.54) is 24.3 Å². The van der Waals surface area contributed by atoms with Gasteiger partial charge in [0.05, 0.1) is 11.5 Å². The van der Waals surface area contributed by atoms with E-state index < -0.39 is 41.5 Å². The van der Waals surface area contributed by atoms with Crippen LogP contribution in [0.15, 0.2) is 24.3 Å². The molecular weight excluding hydrogens is 338 g/mol. The normalized spacial score (nSPS) is 25.7. The fraction of sp³-hybridized carbons (Fsp3) is 0.467. The Morgan fingerprint density at radius 2 is 1.80 bits per heavy atom. The van der Waals surface area contributed by atoms with Crippen LogP contribution in [-0.4, -0.2) is 53.2 Å². The molecule has 4 atom stereocenters. The van der Waals surface area contributed by atoms with Crippen molar-refractivity contribution in [1.82, 2.24) is 0 Å². The van der Waals surface area contributed by atoms with Gasteiger partial charge in [-0.2, -0.15) is 0 Å². The van der Waals surface area contributed by atoms with Crippen molar-refractivity contribution >= 4 is 17.6 Å². The lowest BCUT2D eigenvalue weighted by Crippen LogP contribution is -2.58. The number of ether oxygens (including phenoxy) is 4. The molecule has 0 amide bonds. The highest BCUT2D eigenvalue weighted by molar-refractivity contribution is 5.67. The minimum atomic E-state index is -1.31. The molecule has 1 saturated heterocycles. The van der Waals surface area contributed by atoms with Crippen molar-refractivity contribution in [3.63, 3.8) is 0 Å². The van der Waals surface area contributed by atoms with Crippen LogP contribution in [0.25, 0.3) is 0 Å². The predicted octanol–water partition coefficient (Wildman–Crippen LogP) is 0.554. The van der Waals surface area contributed by atoms with E-state index >= 15 is 0 Å². The second kappa shape index (κ2) is 7.90. The first-order valence-corrected chi connectivity index (χ1v) is 7.33. The number of carbonyl (C=O) groups is 2. The number of esters is 2. The number of rotatable bonds is 5. The summed E-state index contributed by atoms with van der Waals surface area (Å²) in [4.78, 5) is 33.0. The standard InChI is InChI=1S/C15H17NO9/c1-8(17)23-13-11(19)7-22-15(14(13)24-9(2)18)25-12-6-4-3-5-10(12)16(20)21/h3-6,11,13-15,19H,7H2,1-2H3. The monoisotopic (exact) mass is 355 g/mol. The van der Waals surface area contributed by atoms with E-state index in [2.05, 4.69) is 0 Å². The molecule has 0 spiro atoms. The van der Waals surface area contributed by atoms with Crippen molar-refractivity contribution in [1.29, 1.82) is 0 Å². The van der Waals surface area contributed by atoms with Crippen LogP contribution in [0.3, 0.4) is 0 Å². The molecule has 0 bridgehead atoms. The Balaban J connectivity index is 2.29. The third kappa shape index (κ3) is 4.64. The molecule has 25 heavy (non-hydrogen) atoms. The average molecular weight is 355 g/mol. The average Bonchev–Trinajstić information content (AvgIpc) is 2.53. The van der Waals surface area contributed by atoms with Gasteiger partial charge in [0.1, 0.15) is 6.10 Å². The first-order chi connectivity index (χ1) is 11.8. The highest BCUT2D eigenvalue weighted by Crippen LogP contribution is 2.30. The number of nitrogens with zero attached hydrogens (tertiary/aromatic N) is 1. The van der Waals surface area contributed by atoms with E-state index in [4.69, 9.17) is 18.9 Å². The van der Waals surface area contributed by atoms with Crippen LogP contribution in [-0.2, 0) is 23.8 Å². The van der Waals surface area contributed by atoms with Crippen LogP contribution in [0, 0.1) is 10.1 Å². The molecular formula is C15H17NO9. The highest BCUT2D eigenvalue weighted by atomic mass is 16.7. The smallest absolute Gasteiger partial charge is 0.311 e. The maximum atomic E-state index is 11.4. The third-order valence-electron chi connectivity index (χ3n) is 3.31. The fourth-order valence-corrected chi connectivity index (χ4v) is 2.34. The van der Waals surface area contributed by atoms with Gasteiger partial charge in [-0.1, -0.05) is 12.1 Å². The molecule has 1 aromatic carbocycles. The van der Waals surface area contributed by atoms with E-state index in [1.54, 1.807) is 0 Å². The van der Waals surface area contributed by atoms with E-state index in [-0.39, 0.29) is 18.0 Å². The number of hydrogen-bond acceptors (Lipinski definition) is 9. The zero-order chi connectivity index (χ0) is 18.6. The molecule has 0 aromatic heterocycles. The number of hydrogen-bond donors (Lipinski definition) is 1. The molecule has 136 valence electrons. The Morgan fingerprint density at radius 1 is 1.20 bits per heavy atom. The summed E-state index contributed by atoms with van der Waals surface area (Å²) >= 11 is 0. The van der Waals surface area contributed by atoms with Crippen molar-refractivity contribution in [3.8, 4) is 5.75 Å². The van der Waals surface area contributed by atoms with E-state index in [1.807, 2.05) is 0 Å². The Morgan fingerprint density at radius 3 is 2.40 bits per heavy atom. The minimum absolute atomic E-state index is 0.118. The summed E-state index contributed by atoms with van der Waals surface area (Å²) in [5, 5.41) is 21.0. The van der Waals surface area contributed by atoms with Crippen molar-refractivity contribution < 1.29 is 38.6 Å². The minimum Gasteiger partial charge on any atom is -0.455 e. The van der Waals surface area contributed by atoms with Crippen LogP contribution in [0.4, 0.5) is 5.69 Å². The lowest BCUT2D eigenvalue weighted by Gasteiger charge is -2.38. The lowest BCUT2D eigenvalue weighted by molar-refractivity contribution is -0.386. The molecule has 0 saturated carbocycles. The summed E-state index contributed by atoms with van der Waals surface area (Å²) in [5.74, 6) is -1.55. The number of aliphatic hydroxyl groups excluding tert-OH is 1. The number of carbonyl (C=O) groups excluding carboxylic acids is 2. The molecule has 1 N–H and O–H groups in total. The predicted molar refractivity (Wildman–Crippen MR) is 80.6 cm³/mol. The summed E-state index contributed by atoms with van der Waals surface area (Å²) < 4.78 is 20.8. The Bertz CT molecular complexity index is 662. The van der Waals surface area contributed by atoms with Gasteiger partial charge in [0.15, 0.2) is 11.9 Å². The molecule has 1 aliphatic rings. The van der Waals surface area contributed by atoms with Gasteiger partial charge in [-0.25, -0.2) is 0 Å². The summed E-state index contributed by atoms with van der Waals surface area (Å²) in [6, 6.07) is 5.56. The quantitative estimate of drug-likeness (QED) is 0.456. The molecule has 2 rings (SSSR count). The first-order valence-electron chi connectivity index (χ1n) is 7.33. The zero-order valence-corrected chi connectivity index (χ0v) is 13.5. The van der Waals surface area contributed by atoms with Crippen LogP contribution in [0.5, 0.6) is 5.75 Å². The van der Waals surface area contributed by atoms with Crippen LogP contribution < -0.4 is 4.74 Å². The van der Waals surface area contributed by atoms with E-state index in [9.17, 15) is 24.8 Å². The number of aliphatic hydroxyl groups is 1. The number of para-hydroxylation sites is 2. The topological polar surface area (TPSA) is 134 Å².